The van der Waals surface area contributed by atoms with E-state index >= 15 is 0 Å². The van der Waals surface area contributed by atoms with Crippen LogP contribution in [0.5, 0.6) is 11.5 Å². The Hall–Kier alpha value is -2.74. The van der Waals surface area contributed by atoms with Crippen molar-refractivity contribution in [1.82, 2.24) is 9.97 Å². The maximum absolute atomic E-state index is 5.58. The summed E-state index contributed by atoms with van der Waals surface area (Å²) in [6.45, 7) is 3.65. The molecule has 0 bridgehead atoms. The first-order valence-corrected chi connectivity index (χ1v) is 12.2. The van der Waals surface area contributed by atoms with E-state index in [-0.39, 0.29) is 0 Å². The summed E-state index contributed by atoms with van der Waals surface area (Å²) in [5, 5.41) is 1.02. The van der Waals surface area contributed by atoms with Crippen molar-refractivity contribution >= 4 is 44.0 Å². The molecule has 1 aromatic heterocycles. The molecule has 2 fully saturated rings. The molecule has 1 aliphatic heterocycles. The van der Waals surface area contributed by atoms with Crippen molar-refractivity contribution in [3.05, 3.63) is 40.6 Å². The van der Waals surface area contributed by atoms with Crippen LogP contribution >= 0.6 is 15.9 Å². The van der Waals surface area contributed by atoms with Gasteiger partial charge in [-0.3, -0.25) is 0 Å². The topological polar surface area (TPSA) is 54.0 Å². The standard InChI is InChI=1S/C25H30BrN5O2/c1-29(2)21-13-17(26)7-8-20(21)30-9-11-31(12-10-30)25-18-14-22(32-3)23(33-4)15-19(18)27-24(28-25)16-5-6-16/h7-8,13-16H,5-6,9-12H2,1-4H3. The average molecular weight is 512 g/mol. The third kappa shape index (κ3) is 4.28. The molecule has 0 spiro atoms. The van der Waals surface area contributed by atoms with Crippen LogP contribution in [0.4, 0.5) is 17.2 Å². The summed E-state index contributed by atoms with van der Waals surface area (Å²) in [7, 11) is 7.52. The number of rotatable bonds is 6. The number of methoxy groups -OCH3 is 2. The van der Waals surface area contributed by atoms with Crippen molar-refractivity contribution in [3.8, 4) is 11.5 Å². The fourth-order valence-corrected chi connectivity index (χ4v) is 4.85. The maximum Gasteiger partial charge on any atom is 0.162 e. The number of benzene rings is 2. The molecular formula is C25H30BrN5O2. The third-order valence-electron chi connectivity index (χ3n) is 6.48. The van der Waals surface area contributed by atoms with Crippen LogP contribution in [-0.2, 0) is 0 Å². The van der Waals surface area contributed by atoms with Gasteiger partial charge in [-0.2, -0.15) is 0 Å². The predicted octanol–water partition coefficient (Wildman–Crippen LogP) is 4.68. The highest BCUT2D eigenvalue weighted by Gasteiger charge is 2.30. The number of piperazine rings is 1. The Morgan fingerprint density at radius 2 is 1.58 bits per heavy atom. The molecule has 1 saturated heterocycles. The molecule has 0 atom stereocenters. The second-order valence-electron chi connectivity index (χ2n) is 8.91. The molecule has 7 nitrogen and oxygen atoms in total. The van der Waals surface area contributed by atoms with Gasteiger partial charge in [-0.1, -0.05) is 15.9 Å². The normalized spacial score (nSPS) is 16.3. The molecule has 2 heterocycles. The van der Waals surface area contributed by atoms with Crippen LogP contribution in [0.3, 0.4) is 0 Å². The monoisotopic (exact) mass is 511 g/mol. The molecule has 0 radical (unpaired) electrons. The molecule has 2 aromatic carbocycles. The summed E-state index contributed by atoms with van der Waals surface area (Å²) in [6.07, 6.45) is 2.34. The van der Waals surface area contributed by atoms with E-state index < -0.39 is 0 Å². The Balaban J connectivity index is 1.47. The van der Waals surface area contributed by atoms with Crippen LogP contribution in [0.25, 0.3) is 10.9 Å². The Labute approximate surface area is 203 Å². The summed E-state index contributed by atoms with van der Waals surface area (Å²) in [6, 6.07) is 10.5. The van der Waals surface area contributed by atoms with Crippen LogP contribution < -0.4 is 24.2 Å². The van der Waals surface area contributed by atoms with E-state index in [9.17, 15) is 0 Å². The fourth-order valence-electron chi connectivity index (χ4n) is 4.50. The molecule has 2 aliphatic rings. The van der Waals surface area contributed by atoms with Crippen LogP contribution in [0, 0.1) is 0 Å². The first-order valence-electron chi connectivity index (χ1n) is 11.4. The highest BCUT2D eigenvalue weighted by atomic mass is 79.9. The molecule has 33 heavy (non-hydrogen) atoms. The van der Waals surface area contributed by atoms with E-state index in [2.05, 4.69) is 62.9 Å². The predicted molar refractivity (Wildman–Crippen MR) is 138 cm³/mol. The molecule has 3 aromatic rings. The molecule has 174 valence electrons. The van der Waals surface area contributed by atoms with Crippen LogP contribution in [0.2, 0.25) is 0 Å². The summed E-state index contributed by atoms with van der Waals surface area (Å²) in [5.74, 6) is 3.85. The van der Waals surface area contributed by atoms with E-state index in [1.807, 2.05) is 12.1 Å². The molecule has 1 saturated carbocycles. The second-order valence-corrected chi connectivity index (χ2v) is 9.82. The third-order valence-corrected chi connectivity index (χ3v) is 6.97. The minimum Gasteiger partial charge on any atom is -0.493 e. The largest absolute Gasteiger partial charge is 0.493 e. The van der Waals surface area contributed by atoms with Gasteiger partial charge in [-0.05, 0) is 37.1 Å². The number of nitrogens with zero attached hydrogens (tertiary/aromatic N) is 5. The summed E-state index contributed by atoms with van der Waals surface area (Å²) in [5.41, 5.74) is 3.41. The molecule has 1 aliphatic carbocycles. The maximum atomic E-state index is 5.58. The van der Waals surface area contributed by atoms with Gasteiger partial charge >= 0.3 is 0 Å². The van der Waals surface area contributed by atoms with Gasteiger partial charge in [0.05, 0.1) is 31.1 Å². The van der Waals surface area contributed by atoms with Gasteiger partial charge in [0, 0.05) is 62.1 Å². The van der Waals surface area contributed by atoms with E-state index in [0.717, 1.165) is 53.2 Å². The molecule has 8 heteroatoms. The first kappa shape index (κ1) is 22.1. The fraction of sp³-hybridized carbons (Fsp3) is 0.440. The van der Waals surface area contributed by atoms with Crippen molar-refractivity contribution in [2.45, 2.75) is 18.8 Å². The smallest absolute Gasteiger partial charge is 0.162 e. The van der Waals surface area contributed by atoms with Gasteiger partial charge in [-0.15, -0.1) is 0 Å². The minimum absolute atomic E-state index is 0.480. The highest BCUT2D eigenvalue weighted by molar-refractivity contribution is 9.10. The van der Waals surface area contributed by atoms with Gasteiger partial charge in [0.1, 0.15) is 11.6 Å². The number of hydrogen-bond donors (Lipinski definition) is 0. The minimum atomic E-state index is 0.480. The first-order chi connectivity index (χ1) is 16.0. The molecular weight excluding hydrogens is 482 g/mol. The quantitative estimate of drug-likeness (QED) is 0.476. The Bertz CT molecular complexity index is 1170. The Kier molecular flexibility index (Phi) is 5.95. The summed E-state index contributed by atoms with van der Waals surface area (Å²) >= 11 is 3.61. The second kappa shape index (κ2) is 8.89. The van der Waals surface area contributed by atoms with Gasteiger partial charge < -0.3 is 24.2 Å². The van der Waals surface area contributed by atoms with Gasteiger partial charge in [0.2, 0.25) is 0 Å². The van der Waals surface area contributed by atoms with Crippen molar-refractivity contribution < 1.29 is 9.47 Å². The lowest BCUT2D eigenvalue weighted by Crippen LogP contribution is -2.47. The Morgan fingerprint density at radius 3 is 2.21 bits per heavy atom. The van der Waals surface area contributed by atoms with E-state index in [1.165, 1.54) is 24.2 Å². The van der Waals surface area contributed by atoms with E-state index in [0.29, 0.717) is 17.4 Å². The molecule has 5 rings (SSSR count). The number of halogens is 1. The Morgan fingerprint density at radius 1 is 0.909 bits per heavy atom. The van der Waals surface area contributed by atoms with Crippen molar-refractivity contribution in [2.24, 2.45) is 0 Å². The van der Waals surface area contributed by atoms with Gasteiger partial charge in [0.25, 0.3) is 0 Å². The van der Waals surface area contributed by atoms with Crippen molar-refractivity contribution in [1.29, 1.82) is 0 Å². The average Bonchev–Trinajstić information content (AvgIpc) is 3.68. The number of aromatic nitrogens is 2. The zero-order valence-electron chi connectivity index (χ0n) is 19.6. The molecule has 0 unspecified atom stereocenters. The lowest BCUT2D eigenvalue weighted by atomic mass is 10.1. The highest BCUT2D eigenvalue weighted by Crippen LogP contribution is 2.42. The summed E-state index contributed by atoms with van der Waals surface area (Å²) < 4.78 is 12.2. The number of fused-ring (bicyclic) bond motifs is 1. The number of hydrogen-bond acceptors (Lipinski definition) is 7. The van der Waals surface area contributed by atoms with E-state index in [1.54, 1.807) is 14.2 Å². The van der Waals surface area contributed by atoms with Gasteiger partial charge in [0.15, 0.2) is 11.5 Å². The van der Waals surface area contributed by atoms with E-state index in [4.69, 9.17) is 19.4 Å². The molecule has 0 N–H and O–H groups in total. The SMILES string of the molecule is COc1cc2nc(C3CC3)nc(N3CCN(c4ccc(Br)cc4N(C)C)CC3)c2cc1OC. The summed E-state index contributed by atoms with van der Waals surface area (Å²) in [4.78, 5) is 17.0. The van der Waals surface area contributed by atoms with Crippen LogP contribution in [0.1, 0.15) is 24.6 Å². The van der Waals surface area contributed by atoms with Crippen LogP contribution in [0.15, 0.2) is 34.8 Å². The van der Waals surface area contributed by atoms with Gasteiger partial charge in [-0.25, -0.2) is 9.97 Å². The zero-order valence-corrected chi connectivity index (χ0v) is 21.2. The lowest BCUT2D eigenvalue weighted by Gasteiger charge is -2.38. The van der Waals surface area contributed by atoms with Crippen molar-refractivity contribution in [3.63, 3.8) is 0 Å². The number of anilines is 3. The number of ether oxygens (including phenoxy) is 2. The zero-order chi connectivity index (χ0) is 23.1. The molecule has 0 amide bonds. The lowest BCUT2D eigenvalue weighted by molar-refractivity contribution is 0.355. The van der Waals surface area contributed by atoms with Crippen LogP contribution in [-0.4, -0.2) is 64.5 Å². The van der Waals surface area contributed by atoms with Crippen molar-refractivity contribution in [2.75, 3.05) is 69.2 Å².